The number of aromatic nitrogens is 1. The maximum absolute atomic E-state index is 5.43. The van der Waals surface area contributed by atoms with Gasteiger partial charge in [0.05, 0.1) is 19.8 Å². The highest BCUT2D eigenvalue weighted by molar-refractivity contribution is 5.20. The lowest BCUT2D eigenvalue weighted by Crippen LogP contribution is -2.02. The fraction of sp³-hybridized carbons (Fsp3) is 0.583. The Morgan fingerprint density at radius 1 is 1.27 bits per heavy atom. The molecule has 0 atom stereocenters. The van der Waals surface area contributed by atoms with Crippen LogP contribution in [0, 0.1) is 0 Å². The molecule has 1 aromatic heterocycles. The lowest BCUT2D eigenvalue weighted by molar-refractivity contribution is 0.0615. The predicted molar refractivity (Wildman–Crippen MR) is 59.9 cm³/mol. The second-order valence-corrected chi connectivity index (χ2v) is 3.83. The molecule has 0 bridgehead atoms. The molecule has 15 heavy (non-hydrogen) atoms. The Labute approximate surface area is 91.4 Å². The summed E-state index contributed by atoms with van der Waals surface area (Å²) in [6.45, 7) is 6.19. The van der Waals surface area contributed by atoms with Crippen LogP contribution in [0.3, 0.4) is 0 Å². The molecule has 0 spiro atoms. The Morgan fingerprint density at radius 3 is 2.73 bits per heavy atom. The van der Waals surface area contributed by atoms with Gasteiger partial charge in [0.15, 0.2) is 0 Å². The van der Waals surface area contributed by atoms with Crippen LogP contribution >= 0.6 is 0 Å². The molecule has 3 nitrogen and oxygen atoms in total. The number of pyridine rings is 1. The highest BCUT2D eigenvalue weighted by Gasteiger charge is 2.01. The monoisotopic (exact) mass is 209 g/mol. The van der Waals surface area contributed by atoms with Gasteiger partial charge in [-0.2, -0.15) is 0 Å². The minimum absolute atomic E-state index is 0.511. The van der Waals surface area contributed by atoms with E-state index in [9.17, 15) is 0 Å². The Morgan fingerprint density at radius 2 is 2.07 bits per heavy atom. The Kier molecular flexibility index (Phi) is 5.29. The number of nitrogens with zero attached hydrogens (tertiary/aromatic N) is 1. The van der Waals surface area contributed by atoms with E-state index in [-0.39, 0.29) is 0 Å². The van der Waals surface area contributed by atoms with Crippen molar-refractivity contribution in [3.8, 4) is 0 Å². The van der Waals surface area contributed by atoms with Crippen LogP contribution in [0.5, 0.6) is 0 Å². The van der Waals surface area contributed by atoms with Gasteiger partial charge in [0, 0.05) is 19.5 Å². The van der Waals surface area contributed by atoms with Crippen LogP contribution < -0.4 is 0 Å². The smallest absolute Gasteiger partial charge is 0.0733 e. The van der Waals surface area contributed by atoms with Crippen molar-refractivity contribution in [3.05, 3.63) is 29.6 Å². The predicted octanol–water partition coefficient (Wildman–Crippen LogP) is 2.37. The summed E-state index contributed by atoms with van der Waals surface area (Å²) in [6.07, 6.45) is 3.75. The molecule has 0 radical (unpaired) electrons. The number of hydrogen-bond acceptors (Lipinski definition) is 3. The average molecular weight is 209 g/mol. The summed E-state index contributed by atoms with van der Waals surface area (Å²) >= 11 is 0. The van der Waals surface area contributed by atoms with E-state index in [4.69, 9.17) is 9.47 Å². The summed E-state index contributed by atoms with van der Waals surface area (Å²) in [5.74, 6) is 0.511. The largest absolute Gasteiger partial charge is 0.382 e. The minimum Gasteiger partial charge on any atom is -0.382 e. The molecule has 84 valence electrons. The van der Waals surface area contributed by atoms with Crippen LogP contribution in [0.2, 0.25) is 0 Å². The van der Waals surface area contributed by atoms with Crippen LogP contribution in [-0.4, -0.2) is 25.3 Å². The summed E-state index contributed by atoms with van der Waals surface area (Å²) in [6, 6.07) is 2.14. The van der Waals surface area contributed by atoms with E-state index in [1.165, 1.54) is 5.56 Å². The van der Waals surface area contributed by atoms with Crippen LogP contribution in [0.15, 0.2) is 18.5 Å². The average Bonchev–Trinajstić information content (AvgIpc) is 2.25. The molecule has 0 amide bonds. The molecule has 0 aromatic carbocycles. The second kappa shape index (κ2) is 6.53. The first kappa shape index (κ1) is 12.1. The maximum atomic E-state index is 5.43. The molecule has 0 aliphatic rings. The molecule has 0 saturated carbocycles. The van der Waals surface area contributed by atoms with Gasteiger partial charge in [-0.05, 0) is 17.0 Å². The highest BCUT2D eigenvalue weighted by atomic mass is 16.5. The van der Waals surface area contributed by atoms with Crippen molar-refractivity contribution in [2.75, 3.05) is 20.3 Å². The zero-order valence-corrected chi connectivity index (χ0v) is 9.69. The van der Waals surface area contributed by atoms with Crippen molar-refractivity contribution in [1.29, 1.82) is 0 Å². The number of hydrogen-bond donors (Lipinski definition) is 0. The lowest BCUT2D eigenvalue weighted by Gasteiger charge is -2.07. The van der Waals surface area contributed by atoms with Crippen molar-refractivity contribution in [2.24, 2.45) is 0 Å². The molecule has 0 N–H and O–H groups in total. The fourth-order valence-electron chi connectivity index (χ4n) is 1.23. The van der Waals surface area contributed by atoms with E-state index in [1.807, 2.05) is 12.4 Å². The molecular formula is C12H19NO2. The van der Waals surface area contributed by atoms with Gasteiger partial charge in [-0.15, -0.1) is 0 Å². The van der Waals surface area contributed by atoms with E-state index < -0.39 is 0 Å². The van der Waals surface area contributed by atoms with Crippen molar-refractivity contribution < 1.29 is 9.47 Å². The van der Waals surface area contributed by atoms with Crippen LogP contribution in [0.25, 0.3) is 0 Å². The molecule has 1 rings (SSSR count). The van der Waals surface area contributed by atoms with Crippen LogP contribution in [0.1, 0.15) is 30.9 Å². The SMILES string of the molecule is COCCOCc1cncc(C(C)C)c1. The second-order valence-electron chi connectivity index (χ2n) is 3.83. The number of methoxy groups -OCH3 is 1. The van der Waals surface area contributed by atoms with Crippen molar-refractivity contribution in [1.82, 2.24) is 4.98 Å². The molecule has 0 aliphatic heterocycles. The molecule has 1 heterocycles. The number of rotatable bonds is 6. The van der Waals surface area contributed by atoms with E-state index in [2.05, 4.69) is 24.9 Å². The number of ether oxygens (including phenoxy) is 2. The van der Waals surface area contributed by atoms with Gasteiger partial charge in [0.25, 0.3) is 0 Å². The van der Waals surface area contributed by atoms with E-state index in [1.54, 1.807) is 7.11 Å². The summed E-state index contributed by atoms with van der Waals surface area (Å²) < 4.78 is 10.3. The zero-order valence-electron chi connectivity index (χ0n) is 9.69. The maximum Gasteiger partial charge on any atom is 0.0733 e. The first-order chi connectivity index (χ1) is 7.24. The molecule has 0 fully saturated rings. The first-order valence-electron chi connectivity index (χ1n) is 5.24. The molecule has 1 aromatic rings. The molecule has 0 aliphatic carbocycles. The first-order valence-corrected chi connectivity index (χ1v) is 5.24. The van der Waals surface area contributed by atoms with Gasteiger partial charge in [0.1, 0.15) is 0 Å². The topological polar surface area (TPSA) is 31.4 Å². The summed E-state index contributed by atoms with van der Waals surface area (Å²) in [5, 5.41) is 0. The van der Waals surface area contributed by atoms with E-state index in [0.717, 1.165) is 5.56 Å². The normalized spacial score (nSPS) is 10.9. The van der Waals surface area contributed by atoms with Crippen LogP contribution in [0.4, 0.5) is 0 Å². The van der Waals surface area contributed by atoms with Crippen molar-refractivity contribution in [2.45, 2.75) is 26.4 Å². The third-order valence-corrected chi connectivity index (χ3v) is 2.18. The van der Waals surface area contributed by atoms with E-state index in [0.29, 0.717) is 25.7 Å². The Balaban J connectivity index is 2.43. The minimum atomic E-state index is 0.511. The molecule has 0 unspecified atom stereocenters. The Hall–Kier alpha value is -0.930. The van der Waals surface area contributed by atoms with Gasteiger partial charge in [-0.1, -0.05) is 19.9 Å². The molecule has 3 heteroatoms. The quantitative estimate of drug-likeness (QED) is 0.674. The van der Waals surface area contributed by atoms with Gasteiger partial charge < -0.3 is 9.47 Å². The third kappa shape index (κ3) is 4.40. The summed E-state index contributed by atoms with van der Waals surface area (Å²) in [4.78, 5) is 4.19. The molecular weight excluding hydrogens is 190 g/mol. The van der Waals surface area contributed by atoms with Gasteiger partial charge in [0.2, 0.25) is 0 Å². The van der Waals surface area contributed by atoms with Crippen LogP contribution in [-0.2, 0) is 16.1 Å². The fourth-order valence-corrected chi connectivity index (χ4v) is 1.23. The standard InChI is InChI=1S/C12H19NO2/c1-10(2)12-6-11(7-13-8-12)9-15-5-4-14-3/h6-8,10H,4-5,9H2,1-3H3. The van der Waals surface area contributed by atoms with Crippen molar-refractivity contribution >= 4 is 0 Å². The van der Waals surface area contributed by atoms with Gasteiger partial charge >= 0.3 is 0 Å². The van der Waals surface area contributed by atoms with Gasteiger partial charge in [-0.3, -0.25) is 4.98 Å². The zero-order chi connectivity index (χ0) is 11.1. The molecule has 0 saturated heterocycles. The highest BCUT2D eigenvalue weighted by Crippen LogP contribution is 2.14. The van der Waals surface area contributed by atoms with Crippen molar-refractivity contribution in [3.63, 3.8) is 0 Å². The Bertz CT molecular complexity index is 287. The van der Waals surface area contributed by atoms with E-state index >= 15 is 0 Å². The summed E-state index contributed by atoms with van der Waals surface area (Å²) in [7, 11) is 1.67. The third-order valence-electron chi connectivity index (χ3n) is 2.18. The lowest BCUT2D eigenvalue weighted by atomic mass is 10.0. The van der Waals surface area contributed by atoms with Gasteiger partial charge in [-0.25, -0.2) is 0 Å². The summed E-state index contributed by atoms with van der Waals surface area (Å²) in [5.41, 5.74) is 2.38.